The van der Waals surface area contributed by atoms with Crippen LogP contribution >= 0.6 is 15.9 Å². The fraction of sp³-hybridized carbons (Fsp3) is 0.222. The van der Waals surface area contributed by atoms with Gasteiger partial charge in [0.25, 0.3) is 0 Å². The first-order chi connectivity index (χ1) is 12.7. The second kappa shape index (κ2) is 9.12. The summed E-state index contributed by atoms with van der Waals surface area (Å²) in [5, 5.41) is 5.37. The van der Waals surface area contributed by atoms with Crippen LogP contribution in [0.2, 0.25) is 0 Å². The Labute approximate surface area is 166 Å². The van der Waals surface area contributed by atoms with E-state index >= 15 is 0 Å². The van der Waals surface area contributed by atoms with Crippen molar-refractivity contribution in [3.63, 3.8) is 0 Å². The number of halogens is 1. The van der Waals surface area contributed by atoms with Crippen LogP contribution < -0.4 is 15.4 Å². The minimum absolute atomic E-state index is 0.0307. The topological polar surface area (TPSA) is 104 Å². The van der Waals surface area contributed by atoms with Gasteiger partial charge in [-0.1, -0.05) is 28.1 Å². The molecule has 2 amide bonds. The number of sulfonamides is 1. The summed E-state index contributed by atoms with van der Waals surface area (Å²) in [6, 6.07) is 11.5. The zero-order valence-corrected chi connectivity index (χ0v) is 17.3. The molecule has 0 spiro atoms. The lowest BCUT2D eigenvalue weighted by Gasteiger charge is -2.11. The van der Waals surface area contributed by atoms with Gasteiger partial charge in [0.1, 0.15) is 0 Å². The van der Waals surface area contributed by atoms with Crippen molar-refractivity contribution in [1.82, 2.24) is 4.72 Å². The van der Waals surface area contributed by atoms with Crippen molar-refractivity contribution < 1.29 is 18.0 Å². The van der Waals surface area contributed by atoms with E-state index in [2.05, 4.69) is 31.3 Å². The molecule has 0 fully saturated rings. The van der Waals surface area contributed by atoms with Crippen LogP contribution in [-0.2, 0) is 19.6 Å². The minimum atomic E-state index is -3.69. The quantitative estimate of drug-likeness (QED) is 0.598. The van der Waals surface area contributed by atoms with Crippen LogP contribution in [0.3, 0.4) is 0 Å². The molecule has 9 heteroatoms. The molecule has 0 bridgehead atoms. The molecule has 0 heterocycles. The molecule has 2 rings (SSSR count). The van der Waals surface area contributed by atoms with E-state index in [0.29, 0.717) is 15.8 Å². The van der Waals surface area contributed by atoms with Gasteiger partial charge < -0.3 is 10.6 Å². The van der Waals surface area contributed by atoms with Crippen LogP contribution in [0, 0.1) is 6.92 Å². The van der Waals surface area contributed by atoms with Crippen molar-refractivity contribution in [2.24, 2.45) is 0 Å². The highest BCUT2D eigenvalue weighted by Gasteiger charge is 2.14. The first-order valence-electron chi connectivity index (χ1n) is 8.11. The fourth-order valence-electron chi connectivity index (χ4n) is 2.27. The number of aryl methyl sites for hydroxylation is 1. The number of hydrogen-bond acceptors (Lipinski definition) is 4. The molecular weight excluding hydrogens is 434 g/mol. The Balaban J connectivity index is 1.94. The maximum atomic E-state index is 12.2. The predicted octanol–water partition coefficient (Wildman–Crippen LogP) is 3.02. The zero-order chi connectivity index (χ0) is 20.0. The number of benzene rings is 2. The van der Waals surface area contributed by atoms with Gasteiger partial charge in [0.15, 0.2) is 0 Å². The van der Waals surface area contributed by atoms with Crippen LogP contribution in [0.4, 0.5) is 11.4 Å². The van der Waals surface area contributed by atoms with Gasteiger partial charge in [-0.2, -0.15) is 0 Å². The average molecular weight is 454 g/mol. The molecule has 0 aromatic heterocycles. The van der Waals surface area contributed by atoms with E-state index < -0.39 is 10.0 Å². The van der Waals surface area contributed by atoms with Gasteiger partial charge >= 0.3 is 0 Å². The second-order valence-corrected chi connectivity index (χ2v) is 8.55. The molecule has 7 nitrogen and oxygen atoms in total. The lowest BCUT2D eigenvalue weighted by molar-refractivity contribution is -0.116. The summed E-state index contributed by atoms with van der Waals surface area (Å²) in [4.78, 5) is 23.4. The number of hydrogen-bond donors (Lipinski definition) is 3. The number of carbonyl (C=O) groups is 2. The Kier molecular flexibility index (Phi) is 7.11. The summed E-state index contributed by atoms with van der Waals surface area (Å²) < 4.78 is 27.5. The molecule has 0 atom stereocenters. The smallest absolute Gasteiger partial charge is 0.240 e. The van der Waals surface area contributed by atoms with Gasteiger partial charge in [-0.3, -0.25) is 9.59 Å². The number of amides is 2. The van der Waals surface area contributed by atoms with Gasteiger partial charge in [0, 0.05) is 35.7 Å². The van der Waals surface area contributed by atoms with Crippen molar-refractivity contribution in [3.8, 4) is 0 Å². The molecule has 0 saturated heterocycles. The Morgan fingerprint density at radius 1 is 1.07 bits per heavy atom. The average Bonchev–Trinajstić information content (AvgIpc) is 2.57. The van der Waals surface area contributed by atoms with E-state index in [-0.39, 0.29) is 29.7 Å². The molecule has 0 saturated carbocycles. The van der Waals surface area contributed by atoms with Crippen molar-refractivity contribution in [2.75, 3.05) is 17.2 Å². The highest BCUT2D eigenvalue weighted by atomic mass is 79.9. The number of rotatable bonds is 7. The number of nitrogens with one attached hydrogen (secondary N) is 3. The van der Waals surface area contributed by atoms with E-state index in [1.165, 1.54) is 19.1 Å². The maximum absolute atomic E-state index is 12.2. The van der Waals surface area contributed by atoms with Crippen molar-refractivity contribution in [2.45, 2.75) is 25.2 Å². The van der Waals surface area contributed by atoms with Gasteiger partial charge in [-0.15, -0.1) is 0 Å². The molecule has 0 aliphatic heterocycles. The minimum Gasteiger partial charge on any atom is -0.326 e. The molecule has 144 valence electrons. The van der Waals surface area contributed by atoms with Crippen LogP contribution in [0.25, 0.3) is 0 Å². The number of carbonyl (C=O) groups excluding carboxylic acids is 2. The molecule has 27 heavy (non-hydrogen) atoms. The Morgan fingerprint density at radius 2 is 1.81 bits per heavy atom. The second-order valence-electron chi connectivity index (χ2n) is 5.86. The molecule has 0 aliphatic carbocycles. The van der Waals surface area contributed by atoms with Crippen LogP contribution in [-0.4, -0.2) is 26.8 Å². The maximum Gasteiger partial charge on any atom is 0.240 e. The largest absolute Gasteiger partial charge is 0.326 e. The third-order valence-electron chi connectivity index (χ3n) is 3.58. The summed E-state index contributed by atoms with van der Waals surface area (Å²) in [6.07, 6.45) is -0.0307. The molecule has 0 aliphatic rings. The third kappa shape index (κ3) is 6.46. The van der Waals surface area contributed by atoms with E-state index in [9.17, 15) is 18.0 Å². The summed E-state index contributed by atoms with van der Waals surface area (Å²) in [5.74, 6) is -0.548. The predicted molar refractivity (Wildman–Crippen MR) is 108 cm³/mol. The summed E-state index contributed by atoms with van der Waals surface area (Å²) in [6.45, 7) is 3.18. The van der Waals surface area contributed by atoms with Gasteiger partial charge in [0.05, 0.1) is 4.90 Å². The Bertz CT molecular complexity index is 961. The SMILES string of the molecule is CC(=O)Nc1ccc(C)c(NC(=O)CCNS(=O)(=O)c2cccc(Br)c2)c1. The summed E-state index contributed by atoms with van der Waals surface area (Å²) >= 11 is 3.23. The highest BCUT2D eigenvalue weighted by Crippen LogP contribution is 2.20. The fourth-order valence-corrected chi connectivity index (χ4v) is 3.89. The van der Waals surface area contributed by atoms with Gasteiger partial charge in [-0.05, 0) is 42.8 Å². The van der Waals surface area contributed by atoms with E-state index in [0.717, 1.165) is 5.56 Å². The Hall–Kier alpha value is -2.23. The standard InChI is InChI=1S/C18H20BrN3O4S/c1-12-6-7-15(21-13(2)23)11-17(12)22-18(24)8-9-20-27(25,26)16-5-3-4-14(19)10-16/h3-7,10-11,20H,8-9H2,1-2H3,(H,21,23)(H,22,24). The van der Waals surface area contributed by atoms with E-state index in [4.69, 9.17) is 0 Å². The van der Waals surface area contributed by atoms with Crippen molar-refractivity contribution in [3.05, 3.63) is 52.5 Å². The third-order valence-corrected chi connectivity index (χ3v) is 5.53. The zero-order valence-electron chi connectivity index (χ0n) is 14.9. The van der Waals surface area contributed by atoms with E-state index in [1.54, 1.807) is 30.3 Å². The van der Waals surface area contributed by atoms with Crippen molar-refractivity contribution in [1.29, 1.82) is 0 Å². The molecule has 2 aromatic rings. The van der Waals surface area contributed by atoms with Crippen LogP contribution in [0.1, 0.15) is 18.9 Å². The van der Waals surface area contributed by atoms with Crippen LogP contribution in [0.15, 0.2) is 51.8 Å². The highest BCUT2D eigenvalue weighted by molar-refractivity contribution is 9.10. The molecular formula is C18H20BrN3O4S. The van der Waals surface area contributed by atoms with Crippen LogP contribution in [0.5, 0.6) is 0 Å². The van der Waals surface area contributed by atoms with Gasteiger partial charge in [0.2, 0.25) is 21.8 Å². The lowest BCUT2D eigenvalue weighted by atomic mass is 10.1. The van der Waals surface area contributed by atoms with E-state index in [1.807, 2.05) is 6.92 Å². The monoisotopic (exact) mass is 453 g/mol. The Morgan fingerprint density at radius 3 is 2.48 bits per heavy atom. The number of anilines is 2. The lowest BCUT2D eigenvalue weighted by Crippen LogP contribution is -2.28. The first kappa shape index (κ1) is 21.1. The van der Waals surface area contributed by atoms with Crippen molar-refractivity contribution >= 4 is 49.1 Å². The molecule has 3 N–H and O–H groups in total. The molecule has 0 radical (unpaired) electrons. The summed E-state index contributed by atoms with van der Waals surface area (Å²) in [5.41, 5.74) is 1.95. The normalized spacial score (nSPS) is 11.1. The molecule has 2 aromatic carbocycles. The first-order valence-corrected chi connectivity index (χ1v) is 10.4. The molecule has 0 unspecified atom stereocenters. The van der Waals surface area contributed by atoms with Gasteiger partial charge in [-0.25, -0.2) is 13.1 Å². The summed E-state index contributed by atoms with van der Waals surface area (Å²) in [7, 11) is -3.69.